The molecule has 2 heteroatoms. The van der Waals surface area contributed by atoms with E-state index in [1.54, 1.807) is 0 Å². The molecule has 0 bridgehead atoms. The number of aromatic nitrogens is 2. The molecule has 2 aromatic rings. The molecule has 0 saturated heterocycles. The Bertz CT molecular complexity index is 407. The number of benzene rings is 1. The molecule has 0 amide bonds. The molecule has 1 aromatic carbocycles. The lowest BCUT2D eigenvalue weighted by Gasteiger charge is -2.16. The zero-order valence-corrected chi connectivity index (χ0v) is 7.81. The Kier molecular flexibility index (Phi) is 1.50. The summed E-state index contributed by atoms with van der Waals surface area (Å²) >= 11 is 0. The highest BCUT2D eigenvalue weighted by Crippen LogP contribution is 2.19. The predicted molar refractivity (Wildman–Crippen MR) is 51.4 cm³/mol. The number of rotatable bonds is 1. The topological polar surface area (TPSA) is 20.7 Å². The minimum Gasteiger partial charge on any atom is -0.296 e. The lowest BCUT2D eigenvalue weighted by atomic mass is 10.1. The van der Waals surface area contributed by atoms with Gasteiger partial charge in [0.05, 0.1) is 11.0 Å². The van der Waals surface area contributed by atoms with Crippen molar-refractivity contribution in [3.63, 3.8) is 0 Å². The fraction of sp³-hybridized carbons (Fsp3) is 0.400. The van der Waals surface area contributed by atoms with E-state index in [9.17, 15) is 0 Å². The number of H-pyrrole nitrogens is 1. The van der Waals surface area contributed by atoms with E-state index in [1.165, 1.54) is 22.2 Å². The molecular formula is C10H14N2. The van der Waals surface area contributed by atoms with Crippen molar-refractivity contribution in [1.29, 1.82) is 0 Å². The zero-order chi connectivity index (χ0) is 8.72. The van der Waals surface area contributed by atoms with Crippen molar-refractivity contribution >= 4 is 11.0 Å². The van der Waals surface area contributed by atoms with Gasteiger partial charge in [0.15, 0.2) is 0 Å². The van der Waals surface area contributed by atoms with Crippen LogP contribution in [0.15, 0.2) is 12.1 Å². The number of aryl methyl sites for hydroxylation is 3. The lowest BCUT2D eigenvalue weighted by Crippen LogP contribution is -2.09. The van der Waals surface area contributed by atoms with Crippen molar-refractivity contribution < 1.29 is 0 Å². The van der Waals surface area contributed by atoms with E-state index < -0.39 is 0 Å². The summed E-state index contributed by atoms with van der Waals surface area (Å²) in [5.74, 6) is 0. The average molecular weight is 162 g/mol. The van der Waals surface area contributed by atoms with E-state index in [0.29, 0.717) is 0 Å². The molecule has 2 nitrogen and oxygen atoms in total. The van der Waals surface area contributed by atoms with Gasteiger partial charge in [-0.1, -0.05) is 0 Å². The molecule has 0 spiro atoms. The normalized spacial score (nSPS) is 11.2. The van der Waals surface area contributed by atoms with Crippen LogP contribution in [0.1, 0.15) is 18.1 Å². The molecule has 0 aliphatic rings. The van der Waals surface area contributed by atoms with Gasteiger partial charge in [-0.2, -0.15) is 0 Å². The molecule has 0 fully saturated rings. The highest BCUT2D eigenvalue weighted by molar-refractivity contribution is 5.78. The van der Waals surface area contributed by atoms with Crippen molar-refractivity contribution in [1.82, 2.24) is 9.78 Å². The van der Waals surface area contributed by atoms with Crippen molar-refractivity contribution in [2.75, 3.05) is 0 Å². The van der Waals surface area contributed by atoms with E-state index in [-0.39, 0.29) is 0 Å². The minimum absolute atomic E-state index is 1.02. The fourth-order valence-corrected chi connectivity index (χ4v) is 1.52. The van der Waals surface area contributed by atoms with Crippen LogP contribution in [0.25, 0.3) is 11.0 Å². The number of aromatic amines is 1. The van der Waals surface area contributed by atoms with Crippen LogP contribution in [0.4, 0.5) is 0 Å². The first kappa shape index (κ1) is 7.47. The molecule has 1 N–H and O–H groups in total. The van der Waals surface area contributed by atoms with Crippen LogP contribution in [0, 0.1) is 13.8 Å². The Labute approximate surface area is 72.2 Å². The van der Waals surface area contributed by atoms with Crippen LogP contribution in [-0.4, -0.2) is 9.78 Å². The van der Waals surface area contributed by atoms with Crippen LogP contribution in [0.2, 0.25) is 0 Å². The minimum atomic E-state index is 1.02. The van der Waals surface area contributed by atoms with E-state index in [4.69, 9.17) is 0 Å². The Morgan fingerprint density at radius 3 is 2.58 bits per heavy atom. The van der Waals surface area contributed by atoms with Crippen LogP contribution in [0.5, 0.6) is 0 Å². The maximum absolute atomic E-state index is 3.27. The van der Waals surface area contributed by atoms with Gasteiger partial charge in [-0.3, -0.25) is 9.78 Å². The summed E-state index contributed by atoms with van der Waals surface area (Å²) in [5.41, 5.74) is 5.33. The zero-order valence-electron chi connectivity index (χ0n) is 7.81. The Balaban J connectivity index is 2.63. The molecule has 0 radical (unpaired) electrons. The number of hydrogen-bond acceptors (Lipinski definition) is 0. The molecule has 64 valence electrons. The van der Waals surface area contributed by atoms with Gasteiger partial charge in [-0.05, 0) is 44.0 Å². The van der Waals surface area contributed by atoms with Crippen molar-refractivity contribution in [2.24, 2.45) is 0 Å². The molecule has 0 saturated carbocycles. The first-order valence-corrected chi connectivity index (χ1v) is 4.38. The monoisotopic (exact) mass is 162 g/mol. The van der Waals surface area contributed by atoms with E-state index >= 15 is 0 Å². The molecule has 1 heterocycles. The summed E-state index contributed by atoms with van der Waals surface area (Å²) in [6.45, 7) is 7.47. The van der Waals surface area contributed by atoms with Gasteiger partial charge in [-0.15, -0.1) is 0 Å². The summed E-state index contributed by atoms with van der Waals surface area (Å²) in [6, 6.07) is 4.45. The number of fused-ring (bicyclic) bond motifs is 1. The first-order valence-electron chi connectivity index (χ1n) is 4.38. The summed E-state index contributed by atoms with van der Waals surface area (Å²) < 4.78 is 2.15. The Hall–Kier alpha value is -1.18. The molecular weight excluding hydrogens is 148 g/mol. The first-order chi connectivity index (χ1) is 5.72. The largest absolute Gasteiger partial charge is 0.296 e. The highest BCUT2D eigenvalue weighted by Gasteiger charge is 2.04. The average Bonchev–Trinajstić information content (AvgIpc) is 2.04. The molecule has 1 aromatic heterocycles. The number of nitrogens with zero attached hydrogens (tertiary/aromatic N) is 1. The number of hydrogen-bond donors (Lipinski definition) is 1. The predicted octanol–water partition coefficient (Wildman–Crippen LogP) is 2.61. The second-order valence-electron chi connectivity index (χ2n) is 3.31. The third-order valence-corrected chi connectivity index (χ3v) is 2.47. The maximum atomic E-state index is 3.27. The van der Waals surface area contributed by atoms with Gasteiger partial charge < -0.3 is 0 Å². The smallest absolute Gasteiger partial charge is 0.0824 e. The Morgan fingerprint density at radius 1 is 1.25 bits per heavy atom. The summed E-state index contributed by atoms with van der Waals surface area (Å²) in [7, 11) is 0. The van der Waals surface area contributed by atoms with Crippen LogP contribution >= 0.6 is 0 Å². The second kappa shape index (κ2) is 2.41. The van der Waals surface area contributed by atoms with Crippen LogP contribution in [0.3, 0.4) is 0 Å². The third-order valence-electron chi connectivity index (χ3n) is 2.47. The summed E-state index contributed by atoms with van der Waals surface area (Å²) in [5, 5.41) is 3.27. The van der Waals surface area contributed by atoms with E-state index in [2.05, 4.69) is 42.7 Å². The van der Waals surface area contributed by atoms with Gasteiger partial charge in [0.25, 0.3) is 0 Å². The van der Waals surface area contributed by atoms with Crippen LogP contribution in [-0.2, 0) is 6.54 Å². The molecule has 12 heavy (non-hydrogen) atoms. The quantitative estimate of drug-likeness (QED) is 0.665. The summed E-state index contributed by atoms with van der Waals surface area (Å²) in [4.78, 5) is 0. The molecule has 0 atom stereocenters. The van der Waals surface area contributed by atoms with Gasteiger partial charge in [-0.25, -0.2) is 0 Å². The maximum Gasteiger partial charge on any atom is 0.0824 e. The van der Waals surface area contributed by atoms with Crippen molar-refractivity contribution in [3.05, 3.63) is 23.3 Å². The highest BCUT2D eigenvalue weighted by atomic mass is 15.3. The van der Waals surface area contributed by atoms with Gasteiger partial charge in [0.2, 0.25) is 0 Å². The standard InChI is InChI=1S/C10H14N2/c1-4-12-10-6-8(3)7(2)5-9(10)11-12/h5-6,11H,4H2,1-3H3. The van der Waals surface area contributed by atoms with Crippen molar-refractivity contribution in [3.8, 4) is 0 Å². The van der Waals surface area contributed by atoms with Crippen molar-refractivity contribution in [2.45, 2.75) is 27.3 Å². The Morgan fingerprint density at radius 2 is 1.92 bits per heavy atom. The number of nitrogens with one attached hydrogen (secondary N) is 1. The van der Waals surface area contributed by atoms with Crippen LogP contribution < -0.4 is 0 Å². The molecule has 2 rings (SSSR count). The molecule has 0 unspecified atom stereocenters. The van der Waals surface area contributed by atoms with Gasteiger partial charge >= 0.3 is 0 Å². The van der Waals surface area contributed by atoms with E-state index in [1.807, 2.05) is 0 Å². The fourth-order valence-electron chi connectivity index (χ4n) is 1.52. The van der Waals surface area contributed by atoms with E-state index in [0.717, 1.165) is 6.54 Å². The van der Waals surface area contributed by atoms with Gasteiger partial charge in [0, 0.05) is 6.54 Å². The summed E-state index contributed by atoms with van der Waals surface area (Å²) in [6.07, 6.45) is 0. The second-order valence-corrected chi connectivity index (χ2v) is 3.31. The lowest BCUT2D eigenvalue weighted by molar-refractivity contribution is 0.657. The van der Waals surface area contributed by atoms with Gasteiger partial charge in [0.1, 0.15) is 0 Å². The SMILES string of the molecule is CCn1[nH]c2cc(C)c(C)cc21. The molecule has 0 aliphatic carbocycles. The third kappa shape index (κ3) is 0.876. The molecule has 0 aliphatic heterocycles.